The second-order valence-corrected chi connectivity index (χ2v) is 4.47. The van der Waals surface area contributed by atoms with E-state index in [9.17, 15) is 9.18 Å². The first-order valence-corrected chi connectivity index (χ1v) is 4.88. The van der Waals surface area contributed by atoms with Crippen LogP contribution >= 0.6 is 0 Å². The molecule has 0 spiro atoms. The summed E-state index contributed by atoms with van der Waals surface area (Å²) in [4.78, 5) is 11.5. The SMILES string of the molecule is CC(C)(C)C(=O)C=Cc1ccccc1F. The average Bonchev–Trinajstić information content (AvgIpc) is 2.14. The number of rotatable bonds is 2. The van der Waals surface area contributed by atoms with Gasteiger partial charge in [0.1, 0.15) is 5.82 Å². The van der Waals surface area contributed by atoms with E-state index >= 15 is 0 Å². The molecule has 0 radical (unpaired) electrons. The lowest BCUT2D eigenvalue weighted by Crippen LogP contribution is -2.17. The van der Waals surface area contributed by atoms with E-state index in [0.717, 1.165) is 0 Å². The number of allylic oxidation sites excluding steroid dienone is 1. The number of carbonyl (C=O) groups is 1. The van der Waals surface area contributed by atoms with Crippen molar-refractivity contribution in [1.82, 2.24) is 0 Å². The van der Waals surface area contributed by atoms with Gasteiger partial charge in [-0.3, -0.25) is 4.79 Å². The highest BCUT2D eigenvalue weighted by molar-refractivity contribution is 5.97. The van der Waals surface area contributed by atoms with Gasteiger partial charge in [0.05, 0.1) is 0 Å². The second-order valence-electron chi connectivity index (χ2n) is 4.47. The van der Waals surface area contributed by atoms with Crippen molar-refractivity contribution in [3.63, 3.8) is 0 Å². The van der Waals surface area contributed by atoms with Crippen molar-refractivity contribution in [2.24, 2.45) is 5.41 Å². The van der Waals surface area contributed by atoms with Crippen LogP contribution in [0.4, 0.5) is 4.39 Å². The van der Waals surface area contributed by atoms with Crippen LogP contribution < -0.4 is 0 Å². The summed E-state index contributed by atoms with van der Waals surface area (Å²) in [5, 5.41) is 0. The van der Waals surface area contributed by atoms with Gasteiger partial charge in [-0.05, 0) is 18.2 Å². The first-order chi connectivity index (χ1) is 6.91. The Morgan fingerprint density at radius 1 is 1.27 bits per heavy atom. The molecule has 1 aromatic carbocycles. The number of halogens is 1. The number of hydrogen-bond donors (Lipinski definition) is 0. The molecule has 0 atom stereocenters. The van der Waals surface area contributed by atoms with Crippen LogP contribution in [-0.4, -0.2) is 5.78 Å². The van der Waals surface area contributed by atoms with Crippen LogP contribution in [0.2, 0.25) is 0 Å². The maximum absolute atomic E-state index is 13.2. The van der Waals surface area contributed by atoms with Crippen LogP contribution in [0.25, 0.3) is 6.08 Å². The molecule has 1 aromatic rings. The van der Waals surface area contributed by atoms with Gasteiger partial charge in [0, 0.05) is 11.0 Å². The fraction of sp³-hybridized carbons (Fsp3) is 0.308. The molecule has 0 aliphatic carbocycles. The molecule has 0 bridgehead atoms. The van der Waals surface area contributed by atoms with Crippen LogP contribution in [0.15, 0.2) is 30.3 Å². The lowest BCUT2D eigenvalue weighted by molar-refractivity contribution is -0.121. The molecular formula is C13H15FO. The highest BCUT2D eigenvalue weighted by Crippen LogP contribution is 2.16. The molecule has 0 aromatic heterocycles. The van der Waals surface area contributed by atoms with E-state index in [1.165, 1.54) is 18.2 Å². The monoisotopic (exact) mass is 206 g/mol. The maximum Gasteiger partial charge on any atom is 0.161 e. The van der Waals surface area contributed by atoms with E-state index in [1.807, 2.05) is 20.8 Å². The van der Waals surface area contributed by atoms with Gasteiger partial charge in [-0.25, -0.2) is 4.39 Å². The Morgan fingerprint density at radius 2 is 1.87 bits per heavy atom. The highest BCUT2D eigenvalue weighted by Gasteiger charge is 2.17. The summed E-state index contributed by atoms with van der Waals surface area (Å²) in [6, 6.07) is 6.38. The molecule has 0 heterocycles. The Balaban J connectivity index is 2.84. The minimum atomic E-state index is -0.415. The minimum absolute atomic E-state index is 0.00856. The van der Waals surface area contributed by atoms with Crippen LogP contribution in [-0.2, 0) is 4.79 Å². The van der Waals surface area contributed by atoms with Gasteiger partial charge in [-0.15, -0.1) is 0 Å². The van der Waals surface area contributed by atoms with Gasteiger partial charge in [-0.1, -0.05) is 39.0 Å². The zero-order chi connectivity index (χ0) is 11.5. The van der Waals surface area contributed by atoms with Crippen LogP contribution in [0.5, 0.6) is 0 Å². The summed E-state index contributed by atoms with van der Waals surface area (Å²) in [7, 11) is 0. The normalized spacial score (nSPS) is 12.0. The molecule has 0 aliphatic heterocycles. The zero-order valence-corrected chi connectivity index (χ0v) is 9.25. The summed E-state index contributed by atoms with van der Waals surface area (Å²) >= 11 is 0. The zero-order valence-electron chi connectivity index (χ0n) is 9.25. The number of benzene rings is 1. The first kappa shape index (κ1) is 11.6. The summed E-state index contributed by atoms with van der Waals surface area (Å²) in [6.45, 7) is 5.50. The Morgan fingerprint density at radius 3 is 2.40 bits per heavy atom. The molecule has 0 saturated heterocycles. The largest absolute Gasteiger partial charge is 0.294 e. The molecule has 2 heteroatoms. The highest BCUT2D eigenvalue weighted by atomic mass is 19.1. The fourth-order valence-electron chi connectivity index (χ4n) is 1.03. The molecule has 0 amide bonds. The van der Waals surface area contributed by atoms with Gasteiger partial charge in [-0.2, -0.15) is 0 Å². The molecule has 15 heavy (non-hydrogen) atoms. The molecule has 1 rings (SSSR count). The van der Waals surface area contributed by atoms with Crippen LogP contribution in [0.3, 0.4) is 0 Å². The van der Waals surface area contributed by atoms with Gasteiger partial charge in [0.25, 0.3) is 0 Å². The molecule has 0 saturated carbocycles. The summed E-state index contributed by atoms with van der Waals surface area (Å²) in [5.74, 6) is -0.318. The lowest BCUT2D eigenvalue weighted by atomic mass is 9.90. The van der Waals surface area contributed by atoms with E-state index in [2.05, 4.69) is 0 Å². The van der Waals surface area contributed by atoms with Crippen molar-refractivity contribution < 1.29 is 9.18 Å². The van der Waals surface area contributed by atoms with Crippen molar-refractivity contribution in [1.29, 1.82) is 0 Å². The molecule has 0 unspecified atom stereocenters. The third kappa shape index (κ3) is 3.31. The maximum atomic E-state index is 13.2. The Labute approximate surface area is 89.6 Å². The van der Waals surface area contributed by atoms with E-state index in [1.54, 1.807) is 18.2 Å². The van der Waals surface area contributed by atoms with Gasteiger partial charge >= 0.3 is 0 Å². The minimum Gasteiger partial charge on any atom is -0.294 e. The summed E-state index contributed by atoms with van der Waals surface area (Å²) in [6.07, 6.45) is 2.95. The van der Waals surface area contributed by atoms with Crippen molar-refractivity contribution in [3.05, 3.63) is 41.7 Å². The van der Waals surface area contributed by atoms with Crippen LogP contribution in [0.1, 0.15) is 26.3 Å². The Bertz CT molecular complexity index is 386. The molecule has 80 valence electrons. The molecule has 0 N–H and O–H groups in total. The lowest BCUT2D eigenvalue weighted by Gasteiger charge is -2.12. The molecule has 0 aliphatic rings. The van der Waals surface area contributed by atoms with Crippen molar-refractivity contribution in [2.75, 3.05) is 0 Å². The fourth-order valence-corrected chi connectivity index (χ4v) is 1.03. The number of hydrogen-bond acceptors (Lipinski definition) is 1. The molecular weight excluding hydrogens is 191 g/mol. The first-order valence-electron chi connectivity index (χ1n) is 4.88. The Kier molecular flexibility index (Phi) is 3.40. The Hall–Kier alpha value is -1.44. The average molecular weight is 206 g/mol. The third-order valence-electron chi connectivity index (χ3n) is 2.06. The van der Waals surface area contributed by atoms with Crippen molar-refractivity contribution in [3.8, 4) is 0 Å². The van der Waals surface area contributed by atoms with Crippen molar-refractivity contribution >= 4 is 11.9 Å². The summed E-state index contributed by atoms with van der Waals surface area (Å²) < 4.78 is 13.2. The smallest absolute Gasteiger partial charge is 0.161 e. The number of ketones is 1. The van der Waals surface area contributed by atoms with E-state index < -0.39 is 5.41 Å². The quantitative estimate of drug-likeness (QED) is 0.677. The second kappa shape index (κ2) is 4.39. The molecule has 0 fully saturated rings. The predicted molar refractivity (Wildman–Crippen MR) is 59.9 cm³/mol. The van der Waals surface area contributed by atoms with Gasteiger partial charge in [0.15, 0.2) is 5.78 Å². The van der Waals surface area contributed by atoms with Crippen molar-refractivity contribution in [2.45, 2.75) is 20.8 Å². The third-order valence-corrected chi connectivity index (χ3v) is 2.06. The van der Waals surface area contributed by atoms with E-state index in [0.29, 0.717) is 5.56 Å². The standard InChI is InChI=1S/C13H15FO/c1-13(2,3)12(15)9-8-10-6-4-5-7-11(10)14/h4-9H,1-3H3. The van der Waals surface area contributed by atoms with Gasteiger partial charge in [0.2, 0.25) is 0 Å². The molecule has 1 nitrogen and oxygen atoms in total. The van der Waals surface area contributed by atoms with Gasteiger partial charge < -0.3 is 0 Å². The van der Waals surface area contributed by atoms with E-state index in [4.69, 9.17) is 0 Å². The topological polar surface area (TPSA) is 17.1 Å². The van der Waals surface area contributed by atoms with E-state index in [-0.39, 0.29) is 11.6 Å². The number of carbonyl (C=O) groups excluding carboxylic acids is 1. The predicted octanol–water partition coefficient (Wildman–Crippen LogP) is 3.45. The summed E-state index contributed by atoms with van der Waals surface area (Å²) in [5.41, 5.74) is 0.0250. The van der Waals surface area contributed by atoms with Crippen LogP contribution in [0, 0.1) is 11.2 Å².